The number of aromatic nitrogens is 4. The minimum atomic E-state index is 0.521. The zero-order valence-corrected chi connectivity index (χ0v) is 15.6. The summed E-state index contributed by atoms with van der Waals surface area (Å²) in [6.45, 7) is 2.59. The minimum absolute atomic E-state index is 0.521. The van der Waals surface area contributed by atoms with E-state index in [1.165, 1.54) is 23.2 Å². The molecule has 0 radical (unpaired) electrons. The molecule has 27 heavy (non-hydrogen) atoms. The van der Waals surface area contributed by atoms with Crippen molar-refractivity contribution in [3.05, 3.63) is 83.8 Å². The molecular formula is C20H18N6S. The number of hydrogen-bond acceptors (Lipinski definition) is 6. The van der Waals surface area contributed by atoms with Gasteiger partial charge in [-0.05, 0) is 12.5 Å². The van der Waals surface area contributed by atoms with E-state index in [1.54, 1.807) is 11.0 Å². The van der Waals surface area contributed by atoms with Crippen molar-refractivity contribution in [2.75, 3.05) is 5.43 Å². The molecule has 2 heterocycles. The normalized spacial score (nSPS) is 11.5. The van der Waals surface area contributed by atoms with Gasteiger partial charge in [-0.1, -0.05) is 60.2 Å². The number of rotatable bonds is 6. The molecule has 7 heteroatoms. The summed E-state index contributed by atoms with van der Waals surface area (Å²) in [5.41, 5.74) is 8.22. The van der Waals surface area contributed by atoms with Gasteiger partial charge in [0.15, 0.2) is 0 Å². The van der Waals surface area contributed by atoms with Crippen LogP contribution in [0.15, 0.2) is 77.7 Å². The first kappa shape index (κ1) is 17.1. The van der Waals surface area contributed by atoms with Gasteiger partial charge in [-0.25, -0.2) is 14.6 Å². The molecule has 0 fully saturated rings. The van der Waals surface area contributed by atoms with Gasteiger partial charge in [0, 0.05) is 10.9 Å². The van der Waals surface area contributed by atoms with Crippen LogP contribution in [0.25, 0.3) is 11.3 Å². The van der Waals surface area contributed by atoms with Crippen LogP contribution in [-0.4, -0.2) is 25.5 Å². The van der Waals surface area contributed by atoms with E-state index in [9.17, 15) is 0 Å². The van der Waals surface area contributed by atoms with Crippen LogP contribution < -0.4 is 5.43 Å². The minimum Gasteiger partial charge on any atom is -0.252 e. The predicted molar refractivity (Wildman–Crippen MR) is 109 cm³/mol. The Morgan fingerprint density at radius 3 is 2.67 bits per heavy atom. The van der Waals surface area contributed by atoms with Gasteiger partial charge in [-0.2, -0.15) is 10.2 Å². The average molecular weight is 374 g/mol. The highest BCUT2D eigenvalue weighted by Crippen LogP contribution is 2.24. The summed E-state index contributed by atoms with van der Waals surface area (Å²) in [7, 11) is 0. The maximum absolute atomic E-state index is 4.62. The number of aryl methyl sites for hydroxylation is 1. The molecule has 0 aliphatic heterocycles. The molecule has 134 valence electrons. The van der Waals surface area contributed by atoms with Crippen LogP contribution in [0.4, 0.5) is 5.13 Å². The van der Waals surface area contributed by atoms with Gasteiger partial charge < -0.3 is 0 Å². The lowest BCUT2D eigenvalue weighted by Crippen LogP contribution is -2.14. The number of benzene rings is 2. The van der Waals surface area contributed by atoms with Crippen LogP contribution in [0.2, 0.25) is 0 Å². The van der Waals surface area contributed by atoms with Crippen molar-refractivity contribution in [2.24, 2.45) is 5.10 Å². The lowest BCUT2D eigenvalue weighted by molar-refractivity contribution is 0.721. The van der Waals surface area contributed by atoms with Crippen molar-refractivity contribution >= 4 is 22.2 Å². The van der Waals surface area contributed by atoms with Crippen molar-refractivity contribution in [1.82, 2.24) is 19.7 Å². The molecular weight excluding hydrogens is 356 g/mol. The topological polar surface area (TPSA) is 68.0 Å². The van der Waals surface area contributed by atoms with Gasteiger partial charge in [0.2, 0.25) is 5.13 Å². The van der Waals surface area contributed by atoms with Crippen LogP contribution >= 0.6 is 11.3 Å². The maximum atomic E-state index is 4.62. The Hall–Kier alpha value is -3.32. The summed E-state index contributed by atoms with van der Waals surface area (Å²) in [5, 5.41) is 11.6. The Bertz CT molecular complexity index is 1020. The summed E-state index contributed by atoms with van der Waals surface area (Å²) < 4.78 is 1.75. The number of nitrogens with zero attached hydrogens (tertiary/aromatic N) is 5. The molecule has 0 saturated carbocycles. The first-order valence-corrected chi connectivity index (χ1v) is 9.39. The number of thiazole rings is 1. The molecule has 0 aliphatic carbocycles. The lowest BCUT2D eigenvalue weighted by atomic mass is 10.1. The first-order chi connectivity index (χ1) is 13.3. The van der Waals surface area contributed by atoms with Crippen LogP contribution in [0.1, 0.15) is 11.1 Å². The van der Waals surface area contributed by atoms with Crippen molar-refractivity contribution in [2.45, 2.75) is 13.5 Å². The fourth-order valence-corrected chi connectivity index (χ4v) is 3.25. The fourth-order valence-electron chi connectivity index (χ4n) is 2.59. The first-order valence-electron chi connectivity index (χ1n) is 8.51. The predicted octanol–water partition coefficient (Wildman–Crippen LogP) is 4.23. The SMILES string of the molecule is Cc1ccc(/C(Cn2cncn2)=N\Nc2nc(-c3ccccc3)cs2)cc1. The molecule has 2 aromatic carbocycles. The van der Waals surface area contributed by atoms with Gasteiger partial charge >= 0.3 is 0 Å². The van der Waals surface area contributed by atoms with E-state index in [0.29, 0.717) is 6.54 Å². The molecule has 4 aromatic rings. The van der Waals surface area contributed by atoms with E-state index in [1.807, 2.05) is 35.7 Å². The number of nitrogens with one attached hydrogen (secondary N) is 1. The Morgan fingerprint density at radius 1 is 1.11 bits per heavy atom. The van der Waals surface area contributed by atoms with Crippen molar-refractivity contribution in [3.8, 4) is 11.3 Å². The van der Waals surface area contributed by atoms with E-state index in [0.717, 1.165) is 27.7 Å². The highest BCUT2D eigenvalue weighted by Gasteiger charge is 2.08. The van der Waals surface area contributed by atoms with E-state index in [4.69, 9.17) is 0 Å². The molecule has 0 saturated heterocycles. The summed E-state index contributed by atoms with van der Waals surface area (Å²) in [6.07, 6.45) is 3.20. The summed E-state index contributed by atoms with van der Waals surface area (Å²) in [4.78, 5) is 8.63. The lowest BCUT2D eigenvalue weighted by Gasteiger charge is -2.07. The second kappa shape index (κ2) is 7.92. The standard InChI is InChI=1S/C20H18N6S/c1-15-7-9-17(10-8-15)18(11-26-14-21-13-22-26)24-25-20-23-19(12-27-20)16-5-3-2-4-6-16/h2-10,12-14H,11H2,1H3,(H,23,25)/b24-18-. The van der Waals surface area contributed by atoms with Gasteiger partial charge in [-0.15, -0.1) is 11.3 Å². The van der Waals surface area contributed by atoms with Crippen LogP contribution in [0, 0.1) is 6.92 Å². The number of hydrogen-bond donors (Lipinski definition) is 1. The van der Waals surface area contributed by atoms with Crippen LogP contribution in [-0.2, 0) is 6.54 Å². The highest BCUT2D eigenvalue weighted by atomic mass is 32.1. The second-order valence-electron chi connectivity index (χ2n) is 6.03. The summed E-state index contributed by atoms with van der Waals surface area (Å²) in [6, 6.07) is 18.4. The molecule has 0 amide bonds. The highest BCUT2D eigenvalue weighted by molar-refractivity contribution is 7.14. The van der Waals surface area contributed by atoms with Gasteiger partial charge in [-0.3, -0.25) is 5.43 Å². The Balaban J connectivity index is 1.57. The third-order valence-electron chi connectivity index (χ3n) is 4.02. The van der Waals surface area contributed by atoms with Crippen molar-refractivity contribution < 1.29 is 0 Å². The molecule has 1 N–H and O–H groups in total. The third kappa shape index (κ3) is 4.27. The second-order valence-corrected chi connectivity index (χ2v) is 6.89. The monoisotopic (exact) mass is 374 g/mol. The zero-order valence-electron chi connectivity index (χ0n) is 14.8. The average Bonchev–Trinajstić information content (AvgIpc) is 3.39. The molecule has 4 rings (SSSR count). The van der Waals surface area contributed by atoms with E-state index >= 15 is 0 Å². The maximum Gasteiger partial charge on any atom is 0.203 e. The molecule has 0 aliphatic rings. The van der Waals surface area contributed by atoms with Gasteiger partial charge in [0.25, 0.3) is 0 Å². The van der Waals surface area contributed by atoms with E-state index in [-0.39, 0.29) is 0 Å². The molecule has 0 unspecified atom stereocenters. The smallest absolute Gasteiger partial charge is 0.203 e. The molecule has 2 aromatic heterocycles. The largest absolute Gasteiger partial charge is 0.252 e. The van der Waals surface area contributed by atoms with Crippen molar-refractivity contribution in [1.29, 1.82) is 0 Å². The summed E-state index contributed by atoms with van der Waals surface area (Å²) >= 11 is 1.53. The molecule has 0 atom stereocenters. The fraction of sp³-hybridized carbons (Fsp3) is 0.100. The van der Waals surface area contributed by atoms with Gasteiger partial charge in [0.1, 0.15) is 12.7 Å². The molecule has 0 spiro atoms. The Labute approximate surface area is 161 Å². The molecule has 6 nitrogen and oxygen atoms in total. The Kier molecular flexibility index (Phi) is 5.02. The van der Waals surface area contributed by atoms with Gasteiger partial charge in [0.05, 0.1) is 18.0 Å². The number of anilines is 1. The third-order valence-corrected chi connectivity index (χ3v) is 4.77. The van der Waals surface area contributed by atoms with Crippen molar-refractivity contribution in [3.63, 3.8) is 0 Å². The van der Waals surface area contributed by atoms with Crippen LogP contribution in [0.5, 0.6) is 0 Å². The zero-order chi connectivity index (χ0) is 18.5. The van der Waals surface area contributed by atoms with Crippen LogP contribution in [0.3, 0.4) is 0 Å². The summed E-state index contributed by atoms with van der Waals surface area (Å²) in [5.74, 6) is 0. The number of hydrazone groups is 1. The molecule has 0 bridgehead atoms. The Morgan fingerprint density at radius 2 is 1.93 bits per heavy atom. The van der Waals surface area contributed by atoms with E-state index in [2.05, 4.69) is 56.8 Å². The van der Waals surface area contributed by atoms with E-state index < -0.39 is 0 Å². The quantitative estimate of drug-likeness (QED) is 0.405.